The Hall–Kier alpha value is -1.44. The maximum absolute atomic E-state index is 12.4. The van der Waals surface area contributed by atoms with E-state index in [-0.39, 0.29) is 12.0 Å². The molecule has 1 amide bonds. The van der Waals surface area contributed by atoms with Crippen LogP contribution in [-0.2, 0) is 16.1 Å². The molecule has 1 N–H and O–H groups in total. The number of carbonyl (C=O) groups excluding carboxylic acids is 1. The van der Waals surface area contributed by atoms with Crippen LogP contribution >= 0.6 is 0 Å². The van der Waals surface area contributed by atoms with Gasteiger partial charge in [-0.1, -0.05) is 0 Å². The quantitative estimate of drug-likeness (QED) is 0.803. The molecule has 25 heavy (non-hydrogen) atoms. The Bertz CT molecular complexity index is 552. The number of carbonyl (C=O) groups is 1. The van der Waals surface area contributed by atoms with Crippen molar-refractivity contribution < 1.29 is 9.53 Å². The van der Waals surface area contributed by atoms with Crippen molar-refractivity contribution in [2.45, 2.75) is 50.4 Å². The van der Waals surface area contributed by atoms with E-state index in [0.29, 0.717) is 19.2 Å². The molecule has 1 aliphatic carbocycles. The second kappa shape index (κ2) is 7.85. The van der Waals surface area contributed by atoms with Crippen LogP contribution < -0.4 is 5.32 Å². The van der Waals surface area contributed by atoms with Crippen LogP contribution in [-0.4, -0.2) is 83.0 Å². The topological polar surface area (TPSA) is 62.6 Å². The summed E-state index contributed by atoms with van der Waals surface area (Å²) in [6.07, 6.45) is 8.75. The lowest BCUT2D eigenvalue weighted by molar-refractivity contribution is -0.125. The second-order valence-electron chi connectivity index (χ2n) is 7.56. The Kier molecular flexibility index (Phi) is 5.33. The van der Waals surface area contributed by atoms with E-state index in [0.717, 1.165) is 51.6 Å². The number of nitrogens with one attached hydrogen (secondary N) is 1. The minimum absolute atomic E-state index is 0.100. The first-order valence-electron chi connectivity index (χ1n) is 9.61. The summed E-state index contributed by atoms with van der Waals surface area (Å²) in [6.45, 7) is 5.78. The first-order valence-corrected chi connectivity index (χ1v) is 9.61. The molecule has 0 aromatic carbocycles. The highest BCUT2D eigenvalue weighted by molar-refractivity contribution is 5.78. The number of ether oxygens (including phenoxy) is 1. The zero-order valence-electron chi connectivity index (χ0n) is 14.8. The van der Waals surface area contributed by atoms with Gasteiger partial charge in [-0.05, 0) is 31.7 Å². The van der Waals surface area contributed by atoms with E-state index in [4.69, 9.17) is 4.74 Å². The van der Waals surface area contributed by atoms with Gasteiger partial charge < -0.3 is 15.0 Å². The van der Waals surface area contributed by atoms with Gasteiger partial charge in [0, 0.05) is 50.7 Å². The molecule has 0 radical (unpaired) electrons. The predicted molar refractivity (Wildman–Crippen MR) is 94.2 cm³/mol. The smallest absolute Gasteiger partial charge is 0.234 e. The summed E-state index contributed by atoms with van der Waals surface area (Å²) >= 11 is 0. The molecule has 138 valence electrons. The van der Waals surface area contributed by atoms with Gasteiger partial charge in [0.15, 0.2) is 0 Å². The molecule has 0 bridgehead atoms. The second-order valence-corrected chi connectivity index (χ2v) is 7.56. The third-order valence-corrected chi connectivity index (χ3v) is 5.50. The van der Waals surface area contributed by atoms with Crippen molar-refractivity contribution in [3.05, 3.63) is 18.5 Å². The number of aromatic nitrogens is 2. The van der Waals surface area contributed by atoms with E-state index >= 15 is 0 Å². The fourth-order valence-electron chi connectivity index (χ4n) is 3.98. The number of hydrogen-bond donors (Lipinski definition) is 1. The maximum atomic E-state index is 12.4. The Morgan fingerprint density at radius 2 is 2.04 bits per heavy atom. The lowest BCUT2D eigenvalue weighted by Crippen LogP contribution is -2.51. The molecular formula is C18H29N5O2. The molecule has 7 nitrogen and oxygen atoms in total. The molecule has 1 saturated carbocycles. The van der Waals surface area contributed by atoms with Gasteiger partial charge in [-0.25, -0.2) is 0 Å². The van der Waals surface area contributed by atoms with Crippen molar-refractivity contribution in [1.29, 1.82) is 0 Å². The Morgan fingerprint density at radius 3 is 2.76 bits per heavy atom. The van der Waals surface area contributed by atoms with Crippen LogP contribution in [0.5, 0.6) is 0 Å². The average Bonchev–Trinajstić information content (AvgIpc) is 3.33. The van der Waals surface area contributed by atoms with Crippen LogP contribution in [0.15, 0.2) is 18.5 Å². The van der Waals surface area contributed by atoms with Gasteiger partial charge in [0.2, 0.25) is 5.91 Å². The number of likely N-dealkylation sites (tertiary alicyclic amines) is 1. The molecule has 0 unspecified atom stereocenters. The number of amides is 1. The summed E-state index contributed by atoms with van der Waals surface area (Å²) in [4.78, 5) is 17.2. The normalized spacial score (nSPS) is 26.6. The highest BCUT2D eigenvalue weighted by atomic mass is 16.5. The van der Waals surface area contributed by atoms with E-state index in [9.17, 15) is 4.79 Å². The minimum Gasteiger partial charge on any atom is -0.374 e. The van der Waals surface area contributed by atoms with E-state index in [1.165, 1.54) is 12.8 Å². The molecule has 0 spiro atoms. The SMILES string of the molecule is O=C(CN1CCO[C@@H](Cn2cccn2)C1)NC1CCN(C2CC2)CC1. The van der Waals surface area contributed by atoms with Gasteiger partial charge in [0.25, 0.3) is 0 Å². The van der Waals surface area contributed by atoms with Crippen molar-refractivity contribution >= 4 is 5.91 Å². The molecule has 1 aromatic heterocycles. The number of piperidine rings is 1. The first kappa shape index (κ1) is 17.0. The van der Waals surface area contributed by atoms with Crippen molar-refractivity contribution in [3.8, 4) is 0 Å². The molecule has 3 fully saturated rings. The molecular weight excluding hydrogens is 318 g/mol. The van der Waals surface area contributed by atoms with Crippen molar-refractivity contribution in [3.63, 3.8) is 0 Å². The van der Waals surface area contributed by atoms with Gasteiger partial charge in [-0.15, -0.1) is 0 Å². The maximum Gasteiger partial charge on any atom is 0.234 e. The lowest BCUT2D eigenvalue weighted by Gasteiger charge is -2.34. The van der Waals surface area contributed by atoms with E-state index < -0.39 is 0 Å². The van der Waals surface area contributed by atoms with E-state index in [1.54, 1.807) is 6.20 Å². The number of rotatable bonds is 6. The van der Waals surface area contributed by atoms with Crippen LogP contribution in [0.4, 0.5) is 0 Å². The van der Waals surface area contributed by atoms with Crippen LogP contribution in [0.1, 0.15) is 25.7 Å². The molecule has 1 atom stereocenters. The van der Waals surface area contributed by atoms with Crippen LogP contribution in [0, 0.1) is 0 Å². The summed E-state index contributed by atoms with van der Waals surface area (Å²) in [6, 6.07) is 3.11. The lowest BCUT2D eigenvalue weighted by atomic mass is 10.0. The third-order valence-electron chi connectivity index (χ3n) is 5.50. The Morgan fingerprint density at radius 1 is 1.20 bits per heavy atom. The van der Waals surface area contributed by atoms with Gasteiger partial charge in [-0.2, -0.15) is 5.10 Å². The summed E-state index contributed by atoms with van der Waals surface area (Å²) in [5.74, 6) is 0.157. The van der Waals surface area contributed by atoms with Crippen LogP contribution in [0.25, 0.3) is 0 Å². The average molecular weight is 347 g/mol. The summed E-state index contributed by atoms with van der Waals surface area (Å²) in [5, 5.41) is 7.47. The molecule has 1 aromatic rings. The van der Waals surface area contributed by atoms with Gasteiger partial charge in [0.05, 0.1) is 25.8 Å². The first-order chi connectivity index (χ1) is 12.3. The third kappa shape index (κ3) is 4.80. The molecule has 2 saturated heterocycles. The minimum atomic E-state index is 0.100. The monoisotopic (exact) mass is 347 g/mol. The zero-order chi connectivity index (χ0) is 17.1. The molecule has 3 heterocycles. The van der Waals surface area contributed by atoms with E-state index in [1.807, 2.05) is 16.9 Å². The molecule has 2 aliphatic heterocycles. The standard InChI is InChI=1S/C18H29N5O2/c24-18(20-15-4-8-22(9-5-15)16-2-3-16)14-21-10-11-25-17(12-21)13-23-7-1-6-19-23/h1,6-7,15-17H,2-5,8-14H2,(H,20,24)/t17-/m1/s1. The van der Waals surface area contributed by atoms with E-state index in [2.05, 4.69) is 20.2 Å². The largest absolute Gasteiger partial charge is 0.374 e. The fourth-order valence-corrected chi connectivity index (χ4v) is 3.98. The molecule has 7 heteroatoms. The predicted octanol–water partition coefficient (Wildman–Crippen LogP) is 0.327. The van der Waals surface area contributed by atoms with Crippen LogP contribution in [0.3, 0.4) is 0 Å². The number of morpholine rings is 1. The number of nitrogens with zero attached hydrogens (tertiary/aromatic N) is 4. The van der Waals surface area contributed by atoms with Crippen molar-refractivity contribution in [1.82, 2.24) is 24.9 Å². The molecule has 4 rings (SSSR count). The molecule has 3 aliphatic rings. The number of hydrogen-bond acceptors (Lipinski definition) is 5. The summed E-state index contributed by atoms with van der Waals surface area (Å²) < 4.78 is 7.70. The Balaban J connectivity index is 1.18. The Labute approximate surface area is 149 Å². The zero-order valence-corrected chi connectivity index (χ0v) is 14.8. The van der Waals surface area contributed by atoms with Gasteiger partial charge >= 0.3 is 0 Å². The fraction of sp³-hybridized carbons (Fsp3) is 0.778. The van der Waals surface area contributed by atoms with Crippen LogP contribution in [0.2, 0.25) is 0 Å². The van der Waals surface area contributed by atoms with Crippen molar-refractivity contribution in [2.75, 3.05) is 39.3 Å². The summed E-state index contributed by atoms with van der Waals surface area (Å²) in [7, 11) is 0. The van der Waals surface area contributed by atoms with Gasteiger partial charge in [0.1, 0.15) is 0 Å². The van der Waals surface area contributed by atoms with Crippen molar-refractivity contribution in [2.24, 2.45) is 0 Å². The highest BCUT2D eigenvalue weighted by Crippen LogP contribution is 2.29. The summed E-state index contributed by atoms with van der Waals surface area (Å²) in [5.41, 5.74) is 0. The van der Waals surface area contributed by atoms with Gasteiger partial charge in [-0.3, -0.25) is 14.4 Å². The highest BCUT2D eigenvalue weighted by Gasteiger charge is 2.32.